The van der Waals surface area contributed by atoms with Gasteiger partial charge in [0, 0.05) is 13.6 Å². The molecule has 2 heterocycles. The van der Waals surface area contributed by atoms with Crippen molar-refractivity contribution in [2.24, 2.45) is 12.8 Å². The molecule has 0 aliphatic heterocycles. The van der Waals surface area contributed by atoms with Crippen LogP contribution in [0.1, 0.15) is 34.5 Å². The Hall–Kier alpha value is -1.93. The van der Waals surface area contributed by atoms with Crippen LogP contribution in [-0.2, 0) is 24.9 Å². The van der Waals surface area contributed by atoms with Crippen LogP contribution in [0.25, 0.3) is 0 Å². The Morgan fingerprint density at radius 2 is 2.14 bits per heavy atom. The topological polar surface area (TPSA) is 101 Å². The van der Waals surface area contributed by atoms with Gasteiger partial charge in [-0.3, -0.25) is 4.68 Å². The van der Waals surface area contributed by atoms with Crippen molar-refractivity contribution in [2.45, 2.75) is 26.9 Å². The Kier molecular flexibility index (Phi) is 4.59. The molecule has 114 valence electrons. The first-order valence-electron chi connectivity index (χ1n) is 6.47. The number of esters is 1. The fourth-order valence-electron chi connectivity index (χ4n) is 2.01. The minimum atomic E-state index is -0.531. The van der Waals surface area contributed by atoms with Crippen LogP contribution in [-0.4, -0.2) is 37.4 Å². The molecule has 0 saturated heterocycles. The highest BCUT2D eigenvalue weighted by molar-refractivity contribution is 6.31. The Morgan fingerprint density at radius 3 is 2.67 bits per heavy atom. The molecule has 2 aromatic heterocycles. The number of hydrogen-bond donors (Lipinski definition) is 1. The number of hydrogen-bond acceptors (Lipinski definition) is 6. The lowest BCUT2D eigenvalue weighted by Crippen LogP contribution is -2.16. The van der Waals surface area contributed by atoms with Gasteiger partial charge in [-0.15, -0.1) is 5.10 Å². The molecule has 2 aromatic rings. The van der Waals surface area contributed by atoms with Crippen molar-refractivity contribution >= 4 is 17.6 Å². The Balaban J connectivity index is 2.35. The van der Waals surface area contributed by atoms with Gasteiger partial charge in [-0.25, -0.2) is 9.48 Å². The predicted molar refractivity (Wildman–Crippen MR) is 75.9 cm³/mol. The standard InChI is InChI=1S/C12H17ClN6O2/c1-4-21-12(20)11-8(5-14)19(17-15-11)6-9-10(13)7(2)16-18(9)3/h4-6,14H2,1-3H3. The van der Waals surface area contributed by atoms with Gasteiger partial charge in [0.05, 0.1) is 35.3 Å². The second-order valence-corrected chi connectivity index (χ2v) is 4.81. The fraction of sp³-hybridized carbons (Fsp3) is 0.500. The number of carbonyl (C=O) groups is 1. The van der Waals surface area contributed by atoms with E-state index in [9.17, 15) is 4.79 Å². The molecule has 8 nitrogen and oxygen atoms in total. The van der Waals surface area contributed by atoms with Crippen LogP contribution in [0, 0.1) is 6.92 Å². The lowest BCUT2D eigenvalue weighted by atomic mass is 10.3. The van der Waals surface area contributed by atoms with E-state index < -0.39 is 5.97 Å². The van der Waals surface area contributed by atoms with Crippen molar-refractivity contribution in [3.8, 4) is 0 Å². The summed E-state index contributed by atoms with van der Waals surface area (Å²) in [5, 5.41) is 12.6. The highest BCUT2D eigenvalue weighted by atomic mass is 35.5. The maximum absolute atomic E-state index is 11.8. The number of aromatic nitrogens is 5. The molecule has 2 rings (SSSR count). The van der Waals surface area contributed by atoms with Crippen molar-refractivity contribution in [3.63, 3.8) is 0 Å². The Labute approximate surface area is 126 Å². The van der Waals surface area contributed by atoms with E-state index in [2.05, 4.69) is 15.4 Å². The highest BCUT2D eigenvalue weighted by Crippen LogP contribution is 2.21. The number of aryl methyl sites for hydroxylation is 2. The average molecular weight is 313 g/mol. The molecule has 21 heavy (non-hydrogen) atoms. The van der Waals surface area contributed by atoms with E-state index in [1.165, 1.54) is 4.68 Å². The Bertz CT molecular complexity index is 663. The van der Waals surface area contributed by atoms with E-state index in [1.807, 2.05) is 6.92 Å². The number of rotatable bonds is 5. The SMILES string of the molecule is CCOC(=O)c1nnn(Cc2c(Cl)c(C)nn2C)c1CN. The molecule has 0 aliphatic carbocycles. The van der Waals surface area contributed by atoms with Crippen LogP contribution in [0.4, 0.5) is 0 Å². The molecule has 9 heteroatoms. The largest absolute Gasteiger partial charge is 0.461 e. The van der Waals surface area contributed by atoms with E-state index in [0.717, 1.165) is 11.4 Å². The molecule has 0 radical (unpaired) electrons. The third-order valence-electron chi connectivity index (χ3n) is 3.06. The molecule has 2 N–H and O–H groups in total. The summed E-state index contributed by atoms with van der Waals surface area (Å²) >= 11 is 6.21. The van der Waals surface area contributed by atoms with Gasteiger partial charge in [-0.1, -0.05) is 16.8 Å². The van der Waals surface area contributed by atoms with Crippen molar-refractivity contribution in [1.29, 1.82) is 0 Å². The molecule has 0 atom stereocenters. The lowest BCUT2D eigenvalue weighted by Gasteiger charge is -2.07. The van der Waals surface area contributed by atoms with Crippen LogP contribution in [0.5, 0.6) is 0 Å². The predicted octanol–water partition coefficient (Wildman–Crippen LogP) is 0.657. The van der Waals surface area contributed by atoms with E-state index in [-0.39, 0.29) is 18.8 Å². The van der Waals surface area contributed by atoms with E-state index >= 15 is 0 Å². The minimum absolute atomic E-state index is 0.121. The molecular formula is C12H17ClN6O2. The van der Waals surface area contributed by atoms with Gasteiger partial charge in [0.25, 0.3) is 0 Å². The third-order valence-corrected chi connectivity index (χ3v) is 3.55. The summed E-state index contributed by atoms with van der Waals surface area (Å²) in [5.41, 5.74) is 7.84. The van der Waals surface area contributed by atoms with Crippen LogP contribution >= 0.6 is 11.6 Å². The number of nitrogens with zero attached hydrogens (tertiary/aromatic N) is 5. The van der Waals surface area contributed by atoms with Crippen molar-refractivity contribution < 1.29 is 9.53 Å². The first kappa shape index (κ1) is 15.5. The van der Waals surface area contributed by atoms with E-state index in [4.69, 9.17) is 22.1 Å². The van der Waals surface area contributed by atoms with Crippen LogP contribution < -0.4 is 5.73 Å². The fourth-order valence-corrected chi connectivity index (χ4v) is 2.23. The summed E-state index contributed by atoms with van der Waals surface area (Å²) in [6.45, 7) is 4.26. The monoisotopic (exact) mass is 312 g/mol. The van der Waals surface area contributed by atoms with Gasteiger partial charge in [-0.2, -0.15) is 5.10 Å². The van der Waals surface area contributed by atoms with Crippen LogP contribution in [0.15, 0.2) is 0 Å². The zero-order valence-corrected chi connectivity index (χ0v) is 12.9. The quantitative estimate of drug-likeness (QED) is 0.814. The van der Waals surface area contributed by atoms with Crippen molar-refractivity contribution in [1.82, 2.24) is 24.8 Å². The minimum Gasteiger partial charge on any atom is -0.461 e. The molecular weight excluding hydrogens is 296 g/mol. The smallest absolute Gasteiger partial charge is 0.360 e. The highest BCUT2D eigenvalue weighted by Gasteiger charge is 2.21. The normalized spacial score (nSPS) is 10.9. The second-order valence-electron chi connectivity index (χ2n) is 4.44. The zero-order chi connectivity index (χ0) is 15.6. The van der Waals surface area contributed by atoms with Gasteiger partial charge in [0.15, 0.2) is 5.69 Å². The average Bonchev–Trinajstić information content (AvgIpc) is 2.95. The van der Waals surface area contributed by atoms with Gasteiger partial charge in [0.2, 0.25) is 0 Å². The number of nitrogens with two attached hydrogens (primary N) is 1. The van der Waals surface area contributed by atoms with E-state index in [1.54, 1.807) is 18.7 Å². The lowest BCUT2D eigenvalue weighted by molar-refractivity contribution is 0.0518. The maximum atomic E-state index is 11.8. The second kappa shape index (κ2) is 6.23. The van der Waals surface area contributed by atoms with Crippen LogP contribution in [0.2, 0.25) is 5.02 Å². The third kappa shape index (κ3) is 2.91. The molecule has 0 amide bonds. The van der Waals surface area contributed by atoms with Gasteiger partial charge in [-0.05, 0) is 13.8 Å². The summed E-state index contributed by atoms with van der Waals surface area (Å²) in [5.74, 6) is -0.531. The summed E-state index contributed by atoms with van der Waals surface area (Å²) in [6.07, 6.45) is 0. The summed E-state index contributed by atoms with van der Waals surface area (Å²) in [7, 11) is 1.79. The molecule has 0 unspecified atom stereocenters. The maximum Gasteiger partial charge on any atom is 0.360 e. The van der Waals surface area contributed by atoms with Gasteiger partial charge >= 0.3 is 5.97 Å². The molecule has 0 bridgehead atoms. The van der Waals surface area contributed by atoms with E-state index in [0.29, 0.717) is 17.3 Å². The summed E-state index contributed by atoms with van der Waals surface area (Å²) in [6, 6.07) is 0. The van der Waals surface area contributed by atoms with Crippen molar-refractivity contribution in [3.05, 3.63) is 27.8 Å². The molecule has 0 fully saturated rings. The molecule has 0 aliphatic rings. The number of carbonyl (C=O) groups excluding carboxylic acids is 1. The summed E-state index contributed by atoms with van der Waals surface area (Å²) < 4.78 is 8.14. The number of halogens is 1. The first-order valence-corrected chi connectivity index (χ1v) is 6.84. The first-order chi connectivity index (χ1) is 9.99. The molecule has 0 spiro atoms. The Morgan fingerprint density at radius 1 is 1.43 bits per heavy atom. The van der Waals surface area contributed by atoms with Crippen molar-refractivity contribution in [2.75, 3.05) is 6.61 Å². The van der Waals surface area contributed by atoms with Crippen LogP contribution in [0.3, 0.4) is 0 Å². The summed E-state index contributed by atoms with van der Waals surface area (Å²) in [4.78, 5) is 11.8. The molecule has 0 saturated carbocycles. The number of ether oxygens (including phenoxy) is 1. The zero-order valence-electron chi connectivity index (χ0n) is 12.1. The van der Waals surface area contributed by atoms with Gasteiger partial charge in [0.1, 0.15) is 0 Å². The van der Waals surface area contributed by atoms with Gasteiger partial charge < -0.3 is 10.5 Å². The molecule has 0 aromatic carbocycles.